The molecule has 124 valence electrons. The third-order valence-corrected chi connectivity index (χ3v) is 5.77. The first-order chi connectivity index (χ1) is 11.5. The lowest BCUT2D eigenvalue weighted by Gasteiger charge is -2.04. The topological polar surface area (TPSA) is 59.8 Å². The highest BCUT2D eigenvalue weighted by molar-refractivity contribution is 7.18. The van der Waals surface area contributed by atoms with Crippen molar-refractivity contribution in [3.63, 3.8) is 0 Å². The molecule has 0 radical (unpaired) electrons. The number of hydrogen-bond donors (Lipinski definition) is 1. The molecule has 1 amide bonds. The van der Waals surface area contributed by atoms with Crippen LogP contribution in [0.2, 0.25) is 0 Å². The van der Waals surface area contributed by atoms with Crippen molar-refractivity contribution < 1.29 is 4.79 Å². The number of fused-ring (bicyclic) bond motifs is 1. The average Bonchev–Trinajstić information content (AvgIpc) is 3.04. The van der Waals surface area contributed by atoms with E-state index in [1.807, 2.05) is 37.6 Å². The number of nitrogens with zero attached hydrogens (tertiary/aromatic N) is 3. The number of nitrogens with one attached hydrogen (secondary N) is 1. The minimum atomic E-state index is 0.0533. The van der Waals surface area contributed by atoms with E-state index in [0.29, 0.717) is 11.8 Å². The summed E-state index contributed by atoms with van der Waals surface area (Å²) < 4.78 is 2.91. The molecule has 5 nitrogen and oxygen atoms in total. The van der Waals surface area contributed by atoms with Crippen LogP contribution in [0.4, 0.5) is 5.69 Å². The van der Waals surface area contributed by atoms with Gasteiger partial charge in [-0.25, -0.2) is 4.98 Å². The fourth-order valence-electron chi connectivity index (χ4n) is 2.99. The van der Waals surface area contributed by atoms with Gasteiger partial charge < -0.3 is 5.32 Å². The number of hydrogen-bond acceptors (Lipinski definition) is 4. The van der Waals surface area contributed by atoms with Gasteiger partial charge in [0.2, 0.25) is 5.91 Å². The first kappa shape index (κ1) is 15.3. The fraction of sp³-hybridized carbons (Fsp3) is 0.389. The lowest BCUT2D eigenvalue weighted by atomic mass is 10.2. The van der Waals surface area contributed by atoms with Crippen molar-refractivity contribution in [1.82, 2.24) is 14.8 Å². The second-order valence-corrected chi connectivity index (χ2v) is 7.84. The van der Waals surface area contributed by atoms with Crippen LogP contribution in [-0.4, -0.2) is 20.7 Å². The molecule has 1 aliphatic carbocycles. The smallest absolute Gasteiger partial charge is 0.228 e. The van der Waals surface area contributed by atoms with Crippen LogP contribution in [0.5, 0.6) is 0 Å². The molecule has 6 heteroatoms. The third-order valence-electron chi connectivity index (χ3n) is 4.45. The lowest BCUT2D eigenvalue weighted by molar-refractivity contribution is -0.117. The van der Waals surface area contributed by atoms with E-state index in [1.54, 1.807) is 16.0 Å². The number of aryl methyl sites for hydroxylation is 1. The lowest BCUT2D eigenvalue weighted by Crippen LogP contribution is -2.14. The molecule has 2 aromatic heterocycles. The first-order valence-electron chi connectivity index (χ1n) is 8.21. The van der Waals surface area contributed by atoms with Crippen molar-refractivity contribution in [2.75, 3.05) is 5.32 Å². The standard InChI is InChI=1S/C18H20N4OS/c1-10(2)18-21-15-5-4-12(6-16(15)24-18)20-17(23)14-7-13(14)11-8-19-22(3)9-11/h4-6,8-10,13-14H,7H2,1-3H3,(H,20,23)/t13-,14+/m1/s1. The summed E-state index contributed by atoms with van der Waals surface area (Å²) in [5, 5.41) is 8.37. The molecule has 4 rings (SSSR count). The minimum absolute atomic E-state index is 0.0533. The Kier molecular flexibility index (Phi) is 3.64. The Balaban J connectivity index is 1.47. The van der Waals surface area contributed by atoms with Crippen molar-refractivity contribution in [1.29, 1.82) is 0 Å². The number of rotatable bonds is 4. The van der Waals surface area contributed by atoms with Crippen LogP contribution in [-0.2, 0) is 11.8 Å². The molecular formula is C18H20N4OS. The number of thiazole rings is 1. The van der Waals surface area contributed by atoms with E-state index in [0.717, 1.165) is 32.9 Å². The van der Waals surface area contributed by atoms with Gasteiger partial charge in [0.25, 0.3) is 0 Å². The fourth-order valence-corrected chi connectivity index (χ4v) is 4.00. The molecule has 1 aliphatic rings. The second kappa shape index (κ2) is 5.70. The van der Waals surface area contributed by atoms with E-state index >= 15 is 0 Å². The zero-order valence-electron chi connectivity index (χ0n) is 14.0. The molecule has 0 bridgehead atoms. The summed E-state index contributed by atoms with van der Waals surface area (Å²) >= 11 is 1.70. The van der Waals surface area contributed by atoms with Crippen LogP contribution in [0.3, 0.4) is 0 Å². The van der Waals surface area contributed by atoms with Crippen LogP contribution in [0.15, 0.2) is 30.6 Å². The quantitative estimate of drug-likeness (QED) is 0.784. The average molecular weight is 340 g/mol. The van der Waals surface area contributed by atoms with E-state index in [1.165, 1.54) is 0 Å². The van der Waals surface area contributed by atoms with Gasteiger partial charge in [-0.3, -0.25) is 9.48 Å². The molecule has 1 saturated carbocycles. The Labute approximate surface area is 144 Å². The van der Waals surface area contributed by atoms with Gasteiger partial charge >= 0.3 is 0 Å². The summed E-state index contributed by atoms with van der Waals surface area (Å²) in [5.41, 5.74) is 3.00. The zero-order valence-corrected chi connectivity index (χ0v) is 14.8. The molecule has 0 unspecified atom stereocenters. The van der Waals surface area contributed by atoms with E-state index in [-0.39, 0.29) is 11.8 Å². The number of carbonyl (C=O) groups excluding carboxylic acids is 1. The van der Waals surface area contributed by atoms with Gasteiger partial charge in [-0.1, -0.05) is 13.8 Å². The Bertz CT molecular complexity index is 911. The number of benzene rings is 1. The Morgan fingerprint density at radius 1 is 1.42 bits per heavy atom. The van der Waals surface area contributed by atoms with Gasteiger partial charge in [0.15, 0.2) is 0 Å². The largest absolute Gasteiger partial charge is 0.326 e. The number of amides is 1. The summed E-state index contributed by atoms with van der Waals surface area (Å²) in [4.78, 5) is 17.1. The van der Waals surface area contributed by atoms with Crippen LogP contribution in [0.25, 0.3) is 10.2 Å². The molecule has 24 heavy (non-hydrogen) atoms. The highest BCUT2D eigenvalue weighted by Gasteiger charge is 2.44. The molecule has 1 aromatic carbocycles. The summed E-state index contributed by atoms with van der Waals surface area (Å²) in [6, 6.07) is 5.95. The maximum Gasteiger partial charge on any atom is 0.228 e. The summed E-state index contributed by atoms with van der Waals surface area (Å²) in [6.45, 7) is 4.29. The van der Waals surface area contributed by atoms with Gasteiger partial charge in [0.05, 0.1) is 21.4 Å². The predicted octanol–water partition coefficient (Wildman–Crippen LogP) is 3.90. The second-order valence-electron chi connectivity index (χ2n) is 6.77. The van der Waals surface area contributed by atoms with Gasteiger partial charge in [0, 0.05) is 30.8 Å². The summed E-state index contributed by atoms with van der Waals surface area (Å²) in [6.07, 6.45) is 4.75. The van der Waals surface area contributed by atoms with Crippen LogP contribution >= 0.6 is 11.3 Å². The summed E-state index contributed by atoms with van der Waals surface area (Å²) in [5.74, 6) is 0.875. The van der Waals surface area contributed by atoms with E-state index in [2.05, 4.69) is 29.2 Å². The van der Waals surface area contributed by atoms with Crippen molar-refractivity contribution in [3.8, 4) is 0 Å². The van der Waals surface area contributed by atoms with Gasteiger partial charge in [-0.15, -0.1) is 11.3 Å². The van der Waals surface area contributed by atoms with Crippen molar-refractivity contribution in [2.24, 2.45) is 13.0 Å². The molecule has 1 fully saturated rings. The highest BCUT2D eigenvalue weighted by Crippen LogP contribution is 2.47. The maximum absolute atomic E-state index is 12.5. The van der Waals surface area contributed by atoms with Crippen LogP contribution in [0.1, 0.15) is 42.7 Å². The number of anilines is 1. The molecule has 0 spiro atoms. The molecule has 1 N–H and O–H groups in total. The summed E-state index contributed by atoms with van der Waals surface area (Å²) in [7, 11) is 1.90. The van der Waals surface area contributed by atoms with Crippen molar-refractivity contribution >= 4 is 33.1 Å². The zero-order chi connectivity index (χ0) is 16.8. The van der Waals surface area contributed by atoms with E-state index < -0.39 is 0 Å². The SMILES string of the molecule is CC(C)c1nc2ccc(NC(=O)[C@H]3C[C@@H]3c3cnn(C)c3)cc2s1. The van der Waals surface area contributed by atoms with Crippen molar-refractivity contribution in [2.45, 2.75) is 32.1 Å². The third kappa shape index (κ3) is 2.82. The predicted molar refractivity (Wildman–Crippen MR) is 96.4 cm³/mol. The van der Waals surface area contributed by atoms with Gasteiger partial charge in [0.1, 0.15) is 0 Å². The molecule has 2 heterocycles. The van der Waals surface area contributed by atoms with Gasteiger partial charge in [-0.2, -0.15) is 5.10 Å². The maximum atomic E-state index is 12.5. The Hall–Kier alpha value is -2.21. The first-order valence-corrected chi connectivity index (χ1v) is 9.03. The normalized spacial score (nSPS) is 19.8. The monoisotopic (exact) mass is 340 g/mol. The van der Waals surface area contributed by atoms with Crippen molar-refractivity contribution in [3.05, 3.63) is 41.2 Å². The van der Waals surface area contributed by atoms with E-state index in [9.17, 15) is 4.79 Å². The molecular weight excluding hydrogens is 320 g/mol. The Morgan fingerprint density at radius 3 is 2.96 bits per heavy atom. The molecule has 3 aromatic rings. The molecule has 0 saturated heterocycles. The molecule has 2 atom stereocenters. The Morgan fingerprint density at radius 2 is 2.25 bits per heavy atom. The van der Waals surface area contributed by atoms with Crippen LogP contribution in [0, 0.1) is 5.92 Å². The number of carbonyl (C=O) groups is 1. The molecule has 0 aliphatic heterocycles. The van der Waals surface area contributed by atoms with Crippen LogP contribution < -0.4 is 5.32 Å². The van der Waals surface area contributed by atoms with Gasteiger partial charge in [-0.05, 0) is 36.1 Å². The van der Waals surface area contributed by atoms with E-state index in [4.69, 9.17) is 0 Å². The minimum Gasteiger partial charge on any atom is -0.326 e. The highest BCUT2D eigenvalue weighted by atomic mass is 32.1. The number of aromatic nitrogens is 3.